The lowest BCUT2D eigenvalue weighted by Gasteiger charge is -2.36. The second kappa shape index (κ2) is 6.58. The van der Waals surface area contributed by atoms with Crippen LogP contribution in [0.2, 0.25) is 0 Å². The molecule has 1 fully saturated rings. The highest BCUT2D eigenvalue weighted by Crippen LogP contribution is 2.30. The molecule has 0 amide bonds. The summed E-state index contributed by atoms with van der Waals surface area (Å²) < 4.78 is 18.9. The molecule has 2 nitrogen and oxygen atoms in total. The van der Waals surface area contributed by atoms with Crippen molar-refractivity contribution < 1.29 is 9.13 Å². The molecule has 0 spiro atoms. The van der Waals surface area contributed by atoms with E-state index >= 15 is 0 Å². The Kier molecular flexibility index (Phi) is 5.06. The second-order valence-electron chi connectivity index (χ2n) is 5.29. The van der Waals surface area contributed by atoms with Gasteiger partial charge in [-0.1, -0.05) is 25.3 Å². The molecule has 1 aliphatic rings. The number of halogens is 2. The zero-order valence-electron chi connectivity index (χ0n) is 11.3. The Bertz CT molecular complexity index is 419. The summed E-state index contributed by atoms with van der Waals surface area (Å²) in [5.74, 6) is 0.906. The topological polar surface area (TPSA) is 21.3 Å². The largest absolute Gasteiger partial charge is 0.497 e. The molecule has 19 heavy (non-hydrogen) atoms. The van der Waals surface area contributed by atoms with Crippen LogP contribution in [-0.2, 0) is 6.54 Å². The zero-order valence-corrected chi connectivity index (χ0v) is 12.1. The van der Waals surface area contributed by atoms with Gasteiger partial charge in [0.15, 0.2) is 0 Å². The molecule has 1 aliphatic carbocycles. The Morgan fingerprint density at radius 2 is 2.05 bits per heavy atom. The summed E-state index contributed by atoms with van der Waals surface area (Å²) in [7, 11) is 1.54. The lowest BCUT2D eigenvalue weighted by molar-refractivity contribution is 0.255. The normalized spacial score (nSPS) is 18.3. The molecule has 0 saturated heterocycles. The van der Waals surface area contributed by atoms with Crippen molar-refractivity contribution in [3.05, 3.63) is 29.6 Å². The number of rotatable bonds is 5. The highest BCUT2D eigenvalue weighted by atomic mass is 35.5. The Morgan fingerprint density at radius 3 is 2.63 bits per heavy atom. The first-order valence-electron chi connectivity index (χ1n) is 6.82. The summed E-state index contributed by atoms with van der Waals surface area (Å²) in [5.41, 5.74) is 0.641. The fourth-order valence-corrected chi connectivity index (χ4v) is 3.03. The van der Waals surface area contributed by atoms with Gasteiger partial charge in [0.25, 0.3) is 0 Å². The highest BCUT2D eigenvalue weighted by molar-refractivity contribution is 6.18. The van der Waals surface area contributed by atoms with Crippen molar-refractivity contribution in [3.63, 3.8) is 0 Å². The van der Waals surface area contributed by atoms with E-state index in [1.54, 1.807) is 12.1 Å². The van der Waals surface area contributed by atoms with E-state index in [4.69, 9.17) is 16.3 Å². The van der Waals surface area contributed by atoms with Crippen molar-refractivity contribution in [2.75, 3.05) is 13.0 Å². The number of nitrogens with one attached hydrogen (secondary N) is 1. The molecule has 2 rings (SSSR count). The highest BCUT2D eigenvalue weighted by Gasteiger charge is 2.30. The first-order valence-corrected chi connectivity index (χ1v) is 7.36. The number of ether oxygens (including phenoxy) is 1. The molecule has 1 N–H and O–H groups in total. The standard InChI is InChI=1S/C15H21ClFNO/c1-19-13-6-5-12(14(17)9-13)10-18-15(11-16)7-3-2-4-8-15/h5-6,9,18H,2-4,7-8,10-11H2,1H3. The zero-order chi connectivity index (χ0) is 13.7. The van der Waals surface area contributed by atoms with E-state index in [1.165, 1.54) is 32.4 Å². The average molecular weight is 286 g/mol. The Hall–Kier alpha value is -0.800. The van der Waals surface area contributed by atoms with Gasteiger partial charge in [-0.2, -0.15) is 0 Å². The number of hydrogen-bond donors (Lipinski definition) is 1. The summed E-state index contributed by atoms with van der Waals surface area (Å²) in [5, 5.41) is 3.47. The van der Waals surface area contributed by atoms with Crippen LogP contribution in [0.3, 0.4) is 0 Å². The molecule has 0 aromatic heterocycles. The van der Waals surface area contributed by atoms with Crippen LogP contribution in [0.15, 0.2) is 18.2 Å². The molecule has 1 saturated carbocycles. The minimum absolute atomic E-state index is 0.0217. The van der Waals surface area contributed by atoms with E-state index in [-0.39, 0.29) is 11.4 Å². The van der Waals surface area contributed by atoms with Gasteiger partial charge in [-0.15, -0.1) is 11.6 Å². The van der Waals surface area contributed by atoms with Gasteiger partial charge in [0, 0.05) is 29.6 Å². The summed E-state index contributed by atoms with van der Waals surface area (Å²) in [6, 6.07) is 4.98. The first kappa shape index (κ1) is 14.6. The van der Waals surface area contributed by atoms with Crippen LogP contribution < -0.4 is 10.1 Å². The average Bonchev–Trinajstić information content (AvgIpc) is 2.47. The molecule has 106 valence electrons. The number of hydrogen-bond acceptors (Lipinski definition) is 2. The molecule has 0 atom stereocenters. The van der Waals surface area contributed by atoms with Gasteiger partial charge >= 0.3 is 0 Å². The van der Waals surface area contributed by atoms with Crippen molar-refractivity contribution >= 4 is 11.6 Å². The summed E-state index contributed by atoms with van der Waals surface area (Å²) in [6.45, 7) is 0.516. The van der Waals surface area contributed by atoms with E-state index in [1.807, 2.05) is 0 Å². The van der Waals surface area contributed by atoms with Gasteiger partial charge in [0.2, 0.25) is 0 Å². The van der Waals surface area contributed by atoms with E-state index in [9.17, 15) is 4.39 Å². The van der Waals surface area contributed by atoms with E-state index in [0.29, 0.717) is 23.7 Å². The third-order valence-corrected chi connectivity index (χ3v) is 4.49. The minimum Gasteiger partial charge on any atom is -0.497 e. The van der Waals surface area contributed by atoms with Crippen LogP contribution in [0, 0.1) is 5.82 Å². The van der Waals surface area contributed by atoms with Gasteiger partial charge in [0.1, 0.15) is 11.6 Å². The lowest BCUT2D eigenvalue weighted by atomic mass is 9.83. The van der Waals surface area contributed by atoms with Crippen LogP contribution in [0.4, 0.5) is 4.39 Å². The molecular weight excluding hydrogens is 265 g/mol. The van der Waals surface area contributed by atoms with Crippen molar-refractivity contribution in [1.82, 2.24) is 5.32 Å². The third-order valence-electron chi connectivity index (χ3n) is 3.98. The van der Waals surface area contributed by atoms with E-state index < -0.39 is 0 Å². The maximum absolute atomic E-state index is 13.9. The predicted octanol–water partition coefficient (Wildman–Crippen LogP) is 3.87. The molecule has 4 heteroatoms. The van der Waals surface area contributed by atoms with Crippen LogP contribution in [-0.4, -0.2) is 18.5 Å². The molecule has 0 radical (unpaired) electrons. The number of benzene rings is 1. The Labute approximate surface area is 119 Å². The lowest BCUT2D eigenvalue weighted by Crippen LogP contribution is -2.48. The third kappa shape index (κ3) is 3.61. The summed E-state index contributed by atoms with van der Waals surface area (Å²) >= 11 is 6.11. The predicted molar refractivity (Wildman–Crippen MR) is 76.3 cm³/mol. The van der Waals surface area contributed by atoms with Crippen molar-refractivity contribution in [2.45, 2.75) is 44.2 Å². The number of methoxy groups -OCH3 is 1. The summed E-state index contributed by atoms with van der Waals surface area (Å²) in [6.07, 6.45) is 5.83. The fraction of sp³-hybridized carbons (Fsp3) is 0.600. The SMILES string of the molecule is COc1ccc(CNC2(CCl)CCCCC2)c(F)c1. The van der Waals surface area contributed by atoms with Crippen LogP contribution >= 0.6 is 11.6 Å². The maximum Gasteiger partial charge on any atom is 0.131 e. The first-order chi connectivity index (χ1) is 9.19. The Balaban J connectivity index is 2.01. The Morgan fingerprint density at radius 1 is 1.32 bits per heavy atom. The minimum atomic E-state index is -0.229. The van der Waals surface area contributed by atoms with Gasteiger partial charge < -0.3 is 10.1 Å². The molecule has 0 heterocycles. The molecular formula is C15H21ClFNO. The van der Waals surface area contributed by atoms with Gasteiger partial charge in [-0.3, -0.25) is 0 Å². The van der Waals surface area contributed by atoms with Crippen LogP contribution in [0.25, 0.3) is 0 Å². The maximum atomic E-state index is 13.9. The van der Waals surface area contributed by atoms with Crippen molar-refractivity contribution in [3.8, 4) is 5.75 Å². The molecule has 0 unspecified atom stereocenters. The summed E-state index contributed by atoms with van der Waals surface area (Å²) in [4.78, 5) is 0. The molecule has 0 bridgehead atoms. The monoisotopic (exact) mass is 285 g/mol. The van der Waals surface area contributed by atoms with E-state index in [0.717, 1.165) is 12.8 Å². The molecule has 1 aromatic carbocycles. The molecule has 0 aliphatic heterocycles. The quantitative estimate of drug-likeness (QED) is 0.830. The van der Waals surface area contributed by atoms with E-state index in [2.05, 4.69) is 5.32 Å². The fourth-order valence-electron chi connectivity index (χ4n) is 2.67. The van der Waals surface area contributed by atoms with Crippen LogP contribution in [0.5, 0.6) is 5.75 Å². The van der Waals surface area contributed by atoms with Gasteiger partial charge in [-0.05, 0) is 18.9 Å². The second-order valence-corrected chi connectivity index (χ2v) is 5.55. The van der Waals surface area contributed by atoms with Crippen molar-refractivity contribution in [1.29, 1.82) is 0 Å². The van der Waals surface area contributed by atoms with Gasteiger partial charge in [0.05, 0.1) is 7.11 Å². The molecule has 1 aromatic rings. The van der Waals surface area contributed by atoms with Crippen LogP contribution in [0.1, 0.15) is 37.7 Å². The number of alkyl halides is 1. The smallest absolute Gasteiger partial charge is 0.131 e. The van der Waals surface area contributed by atoms with Gasteiger partial charge in [-0.25, -0.2) is 4.39 Å². The van der Waals surface area contributed by atoms with Crippen molar-refractivity contribution in [2.24, 2.45) is 0 Å².